The van der Waals surface area contributed by atoms with E-state index in [4.69, 9.17) is 0 Å². The van der Waals surface area contributed by atoms with Crippen molar-refractivity contribution in [1.82, 2.24) is 14.9 Å². The zero-order chi connectivity index (χ0) is 12.6. The second-order valence-corrected chi connectivity index (χ2v) is 5.18. The van der Waals surface area contributed by atoms with Crippen LogP contribution in [0.1, 0.15) is 18.7 Å². The Bertz CT molecular complexity index is 555. The van der Waals surface area contributed by atoms with Crippen molar-refractivity contribution >= 4 is 11.0 Å². The zero-order valence-electron chi connectivity index (χ0n) is 10.6. The van der Waals surface area contributed by atoms with Crippen LogP contribution in [0.15, 0.2) is 24.3 Å². The Kier molecular flexibility index (Phi) is 2.82. The van der Waals surface area contributed by atoms with E-state index >= 15 is 0 Å². The monoisotopic (exact) mass is 247 g/mol. The molecule has 1 fully saturated rings. The van der Waals surface area contributed by atoms with E-state index in [1.54, 1.807) is 0 Å². The van der Waals surface area contributed by atoms with Crippen molar-refractivity contribution in [3.05, 3.63) is 30.1 Å². The second kappa shape index (κ2) is 4.35. The molecule has 0 amide bonds. The molecule has 0 bridgehead atoms. The first-order chi connectivity index (χ1) is 8.68. The summed E-state index contributed by atoms with van der Waals surface area (Å²) in [6.07, 6.45) is 1.93. The lowest BCUT2D eigenvalue weighted by Crippen LogP contribution is -2.44. The number of nitrogens with one attached hydrogen (secondary N) is 1. The average molecular weight is 247 g/mol. The molecule has 1 aliphatic heterocycles. The summed E-state index contributed by atoms with van der Waals surface area (Å²) in [5.41, 5.74) is 0.871. The van der Waals surface area contributed by atoms with Gasteiger partial charge in [0, 0.05) is 20.0 Å². The molecular weight excluding hydrogens is 229 g/mol. The van der Waals surface area contributed by atoms with Crippen molar-refractivity contribution in [1.29, 1.82) is 0 Å². The van der Waals surface area contributed by atoms with Crippen molar-refractivity contribution in [3.63, 3.8) is 0 Å². The molecule has 1 unspecified atom stereocenters. The summed E-state index contributed by atoms with van der Waals surface area (Å²) in [6.45, 7) is 1.37. The molecule has 0 spiro atoms. The Morgan fingerprint density at radius 3 is 3.00 bits per heavy atom. The summed E-state index contributed by atoms with van der Waals surface area (Å²) in [4.78, 5) is 4.55. The summed E-state index contributed by atoms with van der Waals surface area (Å²) < 4.78 is 16.7. The third kappa shape index (κ3) is 2.01. The smallest absolute Gasteiger partial charge is 0.130 e. The largest absolute Gasteiger partial charge is 0.331 e. The van der Waals surface area contributed by atoms with Gasteiger partial charge in [-0.2, -0.15) is 0 Å². The molecule has 18 heavy (non-hydrogen) atoms. The molecule has 3 nitrogen and oxygen atoms in total. The van der Waals surface area contributed by atoms with Crippen LogP contribution in [-0.2, 0) is 13.5 Å². The van der Waals surface area contributed by atoms with Crippen LogP contribution >= 0.6 is 0 Å². The number of fused-ring (bicyclic) bond motifs is 1. The number of aryl methyl sites for hydroxylation is 1. The van der Waals surface area contributed by atoms with Crippen molar-refractivity contribution in [3.8, 4) is 0 Å². The van der Waals surface area contributed by atoms with Crippen LogP contribution in [0.4, 0.5) is 4.39 Å². The van der Waals surface area contributed by atoms with Gasteiger partial charge in [0.15, 0.2) is 0 Å². The van der Waals surface area contributed by atoms with E-state index in [0.29, 0.717) is 19.4 Å². The molecule has 1 saturated heterocycles. The molecule has 1 N–H and O–H groups in total. The number of nitrogens with zero attached hydrogens (tertiary/aromatic N) is 2. The summed E-state index contributed by atoms with van der Waals surface area (Å²) in [5.74, 6) is 0.836. The maximum absolute atomic E-state index is 14.7. The van der Waals surface area contributed by atoms with Gasteiger partial charge in [-0.15, -0.1) is 0 Å². The highest BCUT2D eigenvalue weighted by atomic mass is 19.1. The fraction of sp³-hybridized carbons (Fsp3) is 0.500. The number of piperidine rings is 1. The molecular formula is C14H18FN3. The van der Waals surface area contributed by atoms with Gasteiger partial charge in [0.25, 0.3) is 0 Å². The number of para-hydroxylation sites is 2. The first-order valence-electron chi connectivity index (χ1n) is 6.48. The molecule has 1 aliphatic rings. The Labute approximate surface area is 106 Å². The standard InChI is InChI=1S/C14H18FN3/c1-18-12-6-3-2-5-11(12)17-13(18)9-14(15)7-4-8-16-10-14/h2-3,5-6,16H,4,7-10H2,1H3. The highest BCUT2D eigenvalue weighted by Crippen LogP contribution is 2.26. The highest BCUT2D eigenvalue weighted by Gasteiger charge is 2.33. The second-order valence-electron chi connectivity index (χ2n) is 5.18. The molecule has 0 aliphatic carbocycles. The molecule has 96 valence electrons. The van der Waals surface area contributed by atoms with Crippen molar-refractivity contribution in [2.45, 2.75) is 24.9 Å². The molecule has 3 rings (SSSR count). The van der Waals surface area contributed by atoms with Crippen LogP contribution in [0, 0.1) is 0 Å². The van der Waals surface area contributed by atoms with Crippen LogP contribution < -0.4 is 5.32 Å². The molecule has 4 heteroatoms. The van der Waals surface area contributed by atoms with Crippen molar-refractivity contribution < 1.29 is 4.39 Å². The first kappa shape index (κ1) is 11.7. The van der Waals surface area contributed by atoms with Gasteiger partial charge in [-0.05, 0) is 31.5 Å². The first-order valence-corrected chi connectivity index (χ1v) is 6.48. The van der Waals surface area contributed by atoms with Crippen LogP contribution in [0.25, 0.3) is 11.0 Å². The Hall–Kier alpha value is -1.42. The van der Waals surface area contributed by atoms with Gasteiger partial charge in [-0.1, -0.05) is 12.1 Å². The Balaban J connectivity index is 1.92. The van der Waals surface area contributed by atoms with Crippen LogP contribution in [0.3, 0.4) is 0 Å². The predicted molar refractivity (Wildman–Crippen MR) is 70.4 cm³/mol. The third-order valence-electron chi connectivity index (χ3n) is 3.77. The maximum atomic E-state index is 14.7. The predicted octanol–water partition coefficient (Wildman–Crippen LogP) is 2.21. The molecule has 2 aromatic rings. The number of rotatable bonds is 2. The van der Waals surface area contributed by atoms with E-state index in [-0.39, 0.29) is 0 Å². The lowest BCUT2D eigenvalue weighted by Gasteiger charge is -2.29. The Morgan fingerprint density at radius 1 is 1.44 bits per heavy atom. The zero-order valence-corrected chi connectivity index (χ0v) is 10.6. The number of imidazole rings is 1. The van der Waals surface area contributed by atoms with Gasteiger partial charge in [0.2, 0.25) is 0 Å². The fourth-order valence-corrected chi connectivity index (χ4v) is 2.72. The number of hydrogen-bond acceptors (Lipinski definition) is 2. The van der Waals surface area contributed by atoms with Gasteiger partial charge >= 0.3 is 0 Å². The summed E-state index contributed by atoms with van der Waals surface area (Å²) in [5, 5.41) is 3.14. The lowest BCUT2D eigenvalue weighted by atomic mass is 9.92. The average Bonchev–Trinajstić information content (AvgIpc) is 2.67. The SMILES string of the molecule is Cn1c(CC2(F)CCCNC2)nc2ccccc21. The van der Waals surface area contributed by atoms with E-state index in [1.807, 2.05) is 35.9 Å². The summed E-state index contributed by atoms with van der Waals surface area (Å²) >= 11 is 0. The molecule has 1 aromatic carbocycles. The number of halogens is 1. The van der Waals surface area contributed by atoms with E-state index < -0.39 is 5.67 Å². The molecule has 1 atom stereocenters. The quantitative estimate of drug-likeness (QED) is 0.881. The van der Waals surface area contributed by atoms with Crippen molar-refractivity contribution in [2.75, 3.05) is 13.1 Å². The fourth-order valence-electron chi connectivity index (χ4n) is 2.72. The van der Waals surface area contributed by atoms with Crippen molar-refractivity contribution in [2.24, 2.45) is 7.05 Å². The number of hydrogen-bond donors (Lipinski definition) is 1. The van der Waals surface area contributed by atoms with E-state index in [1.165, 1.54) is 0 Å². The minimum absolute atomic E-state index is 0.394. The minimum atomic E-state index is -1.15. The maximum Gasteiger partial charge on any atom is 0.130 e. The normalized spacial score (nSPS) is 24.6. The van der Waals surface area contributed by atoms with Crippen LogP contribution in [0.5, 0.6) is 0 Å². The molecule has 1 aromatic heterocycles. The number of aromatic nitrogens is 2. The summed E-state index contributed by atoms with van der Waals surface area (Å²) in [7, 11) is 1.96. The third-order valence-corrected chi connectivity index (χ3v) is 3.77. The van der Waals surface area contributed by atoms with Crippen LogP contribution in [-0.4, -0.2) is 28.3 Å². The summed E-state index contributed by atoms with van der Waals surface area (Å²) in [6, 6.07) is 7.95. The number of benzene rings is 1. The van der Waals surface area contributed by atoms with Gasteiger partial charge in [0.05, 0.1) is 11.0 Å². The molecule has 0 radical (unpaired) electrons. The molecule has 0 saturated carbocycles. The van der Waals surface area contributed by atoms with E-state index in [0.717, 1.165) is 29.8 Å². The lowest BCUT2D eigenvalue weighted by molar-refractivity contribution is 0.119. The topological polar surface area (TPSA) is 29.9 Å². The van der Waals surface area contributed by atoms with Gasteiger partial charge in [0.1, 0.15) is 11.5 Å². The number of alkyl halides is 1. The van der Waals surface area contributed by atoms with E-state index in [9.17, 15) is 4.39 Å². The molecule has 2 heterocycles. The highest BCUT2D eigenvalue weighted by molar-refractivity contribution is 5.75. The van der Waals surface area contributed by atoms with Crippen LogP contribution in [0.2, 0.25) is 0 Å². The van der Waals surface area contributed by atoms with Gasteiger partial charge in [-0.3, -0.25) is 0 Å². The Morgan fingerprint density at radius 2 is 2.28 bits per heavy atom. The minimum Gasteiger partial charge on any atom is -0.331 e. The van der Waals surface area contributed by atoms with Gasteiger partial charge in [-0.25, -0.2) is 9.37 Å². The van der Waals surface area contributed by atoms with Gasteiger partial charge < -0.3 is 9.88 Å². The van der Waals surface area contributed by atoms with E-state index in [2.05, 4.69) is 10.3 Å².